The van der Waals surface area contributed by atoms with E-state index >= 15 is 0 Å². The molecule has 4 rings (SSSR count). The summed E-state index contributed by atoms with van der Waals surface area (Å²) in [6.07, 6.45) is -2.02. The molecular formula is C25H22ClF2N3O4S. The molecule has 2 heterocycles. The van der Waals surface area contributed by atoms with Crippen molar-refractivity contribution in [1.82, 2.24) is 14.3 Å². The van der Waals surface area contributed by atoms with Gasteiger partial charge in [-0.15, -0.1) is 0 Å². The highest BCUT2D eigenvalue weighted by Gasteiger charge is 2.28. The Labute approximate surface area is 210 Å². The van der Waals surface area contributed by atoms with Crippen LogP contribution >= 0.6 is 11.6 Å². The van der Waals surface area contributed by atoms with Gasteiger partial charge in [0.05, 0.1) is 0 Å². The van der Waals surface area contributed by atoms with Gasteiger partial charge in [-0.05, 0) is 30.2 Å². The number of carbonyl (C=O) groups is 1. The monoisotopic (exact) mass is 533 g/mol. The number of Topliss-reactive ketones (excluding diaryl/α,β-unsaturated/α-hetero) is 1. The van der Waals surface area contributed by atoms with Gasteiger partial charge in [-0.3, -0.25) is 14.2 Å². The minimum absolute atomic E-state index is 0.0150. The maximum atomic E-state index is 13.8. The summed E-state index contributed by atoms with van der Waals surface area (Å²) in [5.74, 6) is -0.666. The summed E-state index contributed by atoms with van der Waals surface area (Å²) in [6.45, 7) is 2.36. The third kappa shape index (κ3) is 4.46. The third-order valence-electron chi connectivity index (χ3n) is 5.84. The molecule has 0 saturated carbocycles. The quantitative estimate of drug-likeness (QED) is 0.309. The lowest BCUT2D eigenvalue weighted by atomic mass is 9.92. The fourth-order valence-electron chi connectivity index (χ4n) is 4.23. The van der Waals surface area contributed by atoms with Gasteiger partial charge < -0.3 is 0 Å². The van der Waals surface area contributed by atoms with Crippen molar-refractivity contribution in [3.8, 4) is 16.9 Å². The molecule has 0 saturated heterocycles. The Morgan fingerprint density at radius 2 is 1.81 bits per heavy atom. The van der Waals surface area contributed by atoms with E-state index in [9.17, 15) is 26.8 Å². The minimum Gasteiger partial charge on any atom is -0.293 e. The number of nitrogens with zero attached hydrogens (tertiary/aromatic N) is 3. The van der Waals surface area contributed by atoms with Crippen molar-refractivity contribution in [2.45, 2.75) is 38.3 Å². The number of hydrogen-bond donors (Lipinski definition) is 0. The molecule has 0 amide bonds. The van der Waals surface area contributed by atoms with Gasteiger partial charge in [0.15, 0.2) is 26.5 Å². The highest BCUT2D eigenvalue weighted by molar-refractivity contribution is 7.90. The number of benzene rings is 2. The number of ketones is 1. The van der Waals surface area contributed by atoms with Crippen molar-refractivity contribution in [1.29, 1.82) is 0 Å². The molecule has 0 atom stereocenters. The predicted octanol–water partition coefficient (Wildman–Crippen LogP) is 5.08. The molecule has 0 aliphatic carbocycles. The summed E-state index contributed by atoms with van der Waals surface area (Å²) in [4.78, 5) is 27.2. The van der Waals surface area contributed by atoms with E-state index in [0.717, 1.165) is 16.9 Å². The summed E-state index contributed by atoms with van der Waals surface area (Å²) in [7, 11) is -3.99. The molecule has 0 unspecified atom stereocenters. The topological polar surface area (TPSA) is 91.0 Å². The van der Waals surface area contributed by atoms with Gasteiger partial charge in [-0.1, -0.05) is 48.9 Å². The molecule has 0 bridgehead atoms. The van der Waals surface area contributed by atoms with Crippen LogP contribution in [0.3, 0.4) is 0 Å². The maximum absolute atomic E-state index is 13.8. The van der Waals surface area contributed by atoms with Gasteiger partial charge >= 0.3 is 0 Å². The molecule has 11 heteroatoms. The molecule has 7 nitrogen and oxygen atoms in total. The SMILES string of the molecule is CCC(=O)c1c(-c2ccccc2)c2c(C)c(Cl)ccc2c(=O)n1-c1cc(S(C)(=O)=O)n(CC(F)F)n1. The number of alkyl halides is 2. The first-order valence-corrected chi connectivity index (χ1v) is 13.3. The van der Waals surface area contributed by atoms with Gasteiger partial charge in [0.25, 0.3) is 12.0 Å². The number of hydrogen-bond acceptors (Lipinski definition) is 5. The Balaban J connectivity index is 2.25. The van der Waals surface area contributed by atoms with Crippen LogP contribution in [0.4, 0.5) is 8.78 Å². The van der Waals surface area contributed by atoms with Crippen LogP contribution in [0.1, 0.15) is 29.4 Å². The Morgan fingerprint density at radius 3 is 2.39 bits per heavy atom. The van der Waals surface area contributed by atoms with Crippen molar-refractivity contribution in [3.05, 3.63) is 75.2 Å². The zero-order valence-corrected chi connectivity index (χ0v) is 21.2. The normalized spacial score (nSPS) is 12.0. The number of pyridine rings is 1. The molecule has 4 aromatic rings. The lowest BCUT2D eigenvalue weighted by Crippen LogP contribution is -2.27. The summed E-state index contributed by atoms with van der Waals surface area (Å²) in [5.41, 5.74) is 0.939. The molecule has 0 N–H and O–H groups in total. The molecule has 188 valence electrons. The largest absolute Gasteiger partial charge is 0.293 e. The zero-order valence-electron chi connectivity index (χ0n) is 19.6. The first-order valence-electron chi connectivity index (χ1n) is 11.0. The standard InChI is InChI=1S/C25H22ClF2N3O4S/c1-4-18(32)24-23(15-8-6-5-7-9-15)22-14(2)17(26)11-10-16(22)25(33)31(24)20-12-21(36(3,34)35)30(29-20)13-19(27)28/h5-12,19H,4,13H2,1-3H3. The number of halogens is 3. The summed E-state index contributed by atoms with van der Waals surface area (Å²) in [5, 5.41) is 4.64. The van der Waals surface area contributed by atoms with Gasteiger partial charge in [0.1, 0.15) is 12.2 Å². The van der Waals surface area contributed by atoms with E-state index < -0.39 is 39.2 Å². The third-order valence-corrected chi connectivity index (χ3v) is 7.34. The lowest BCUT2D eigenvalue weighted by molar-refractivity contribution is 0.0980. The molecule has 0 spiro atoms. The fraction of sp³-hybridized carbons (Fsp3) is 0.240. The van der Waals surface area contributed by atoms with Crippen LogP contribution in [0.25, 0.3) is 27.7 Å². The second kappa shape index (κ2) is 9.59. The van der Waals surface area contributed by atoms with Crippen LogP contribution in [-0.2, 0) is 16.4 Å². The highest BCUT2D eigenvalue weighted by atomic mass is 35.5. The van der Waals surface area contributed by atoms with Crippen molar-refractivity contribution in [2.75, 3.05) is 6.26 Å². The summed E-state index contributed by atoms with van der Waals surface area (Å²) >= 11 is 6.40. The number of aryl methyl sites for hydroxylation is 1. The molecule has 0 aliphatic heterocycles. The molecule has 36 heavy (non-hydrogen) atoms. The molecule has 0 radical (unpaired) electrons. The van der Waals surface area contributed by atoms with Crippen LogP contribution in [0.5, 0.6) is 0 Å². The fourth-order valence-corrected chi connectivity index (χ4v) is 5.21. The van der Waals surface area contributed by atoms with Crippen molar-refractivity contribution < 1.29 is 22.0 Å². The summed E-state index contributed by atoms with van der Waals surface area (Å²) < 4.78 is 52.8. The average Bonchev–Trinajstić information content (AvgIpc) is 3.24. The van der Waals surface area contributed by atoms with E-state index in [1.54, 1.807) is 50.2 Å². The number of sulfone groups is 1. The Bertz CT molecular complexity index is 1660. The molecule has 2 aromatic heterocycles. The van der Waals surface area contributed by atoms with Crippen LogP contribution in [-0.4, -0.2) is 41.2 Å². The smallest absolute Gasteiger partial charge is 0.264 e. The van der Waals surface area contributed by atoms with Crippen LogP contribution in [0.2, 0.25) is 5.02 Å². The van der Waals surface area contributed by atoms with Crippen molar-refractivity contribution >= 4 is 38.0 Å². The average molecular weight is 534 g/mol. The Hall–Kier alpha value is -3.37. The molecule has 0 fully saturated rings. The van der Waals surface area contributed by atoms with E-state index in [-0.39, 0.29) is 23.3 Å². The minimum atomic E-state index is -3.99. The highest BCUT2D eigenvalue weighted by Crippen LogP contribution is 2.37. The molecule has 2 aromatic carbocycles. The predicted molar refractivity (Wildman–Crippen MR) is 134 cm³/mol. The van der Waals surface area contributed by atoms with Gasteiger partial charge in [-0.25, -0.2) is 21.9 Å². The van der Waals surface area contributed by atoms with Crippen LogP contribution < -0.4 is 5.56 Å². The van der Waals surface area contributed by atoms with Crippen molar-refractivity contribution in [3.63, 3.8) is 0 Å². The number of aromatic nitrogens is 3. The maximum Gasteiger partial charge on any atom is 0.264 e. The first-order chi connectivity index (χ1) is 17.0. The van der Waals surface area contributed by atoms with Gasteiger partial charge in [-0.2, -0.15) is 5.10 Å². The second-order valence-electron chi connectivity index (χ2n) is 8.29. The van der Waals surface area contributed by atoms with E-state index in [4.69, 9.17) is 11.6 Å². The van der Waals surface area contributed by atoms with Gasteiger partial charge in [0.2, 0.25) is 0 Å². The van der Waals surface area contributed by atoms with E-state index in [0.29, 0.717) is 31.8 Å². The van der Waals surface area contributed by atoms with E-state index in [2.05, 4.69) is 5.10 Å². The van der Waals surface area contributed by atoms with Crippen LogP contribution in [0.15, 0.2) is 58.4 Å². The number of carbonyl (C=O) groups excluding carboxylic acids is 1. The second-order valence-corrected chi connectivity index (χ2v) is 10.7. The lowest BCUT2D eigenvalue weighted by Gasteiger charge is -2.19. The first kappa shape index (κ1) is 25.7. The molecule has 0 aliphatic rings. The van der Waals surface area contributed by atoms with E-state index in [1.807, 2.05) is 0 Å². The number of rotatable bonds is 7. The van der Waals surface area contributed by atoms with Crippen molar-refractivity contribution in [2.24, 2.45) is 0 Å². The summed E-state index contributed by atoms with van der Waals surface area (Å²) in [6, 6.07) is 13.0. The number of fused-ring (bicyclic) bond motifs is 1. The van der Waals surface area contributed by atoms with Crippen LogP contribution in [0, 0.1) is 6.92 Å². The van der Waals surface area contributed by atoms with Gasteiger partial charge in [0, 0.05) is 40.1 Å². The Morgan fingerprint density at radius 1 is 1.14 bits per heavy atom. The Kier molecular flexibility index (Phi) is 6.85. The molecular weight excluding hydrogens is 512 g/mol. The van der Waals surface area contributed by atoms with E-state index in [1.165, 1.54) is 6.07 Å². The zero-order chi connectivity index (χ0) is 26.4.